The number of hydrogen-bond acceptors (Lipinski definition) is 4. The molecule has 0 aliphatic carbocycles. The van der Waals surface area contributed by atoms with Gasteiger partial charge in [0.2, 0.25) is 0 Å². The van der Waals surface area contributed by atoms with Gasteiger partial charge >= 0.3 is 5.97 Å². The Morgan fingerprint density at radius 3 is 2.58 bits per heavy atom. The summed E-state index contributed by atoms with van der Waals surface area (Å²) in [5, 5.41) is 8.32. The van der Waals surface area contributed by atoms with Crippen LogP contribution in [0.2, 0.25) is 0 Å². The fourth-order valence-corrected chi connectivity index (χ4v) is 1.91. The Hall–Kier alpha value is -2.18. The molecule has 1 aromatic carbocycles. The van der Waals surface area contributed by atoms with Crippen molar-refractivity contribution < 1.29 is 38.8 Å². The fraction of sp³-hybridized carbons (Fsp3) is 0.188. The molecule has 24 heavy (non-hydrogen) atoms. The van der Waals surface area contributed by atoms with Crippen LogP contribution in [0.5, 0.6) is 0 Å². The van der Waals surface area contributed by atoms with Crippen LogP contribution in [0.3, 0.4) is 0 Å². The molecule has 0 unspecified atom stereocenters. The van der Waals surface area contributed by atoms with E-state index in [1.54, 1.807) is 12.1 Å². The molecule has 3 rings (SSSR count). The van der Waals surface area contributed by atoms with E-state index in [0.717, 1.165) is 18.7 Å². The molecule has 129 valence electrons. The third-order valence-electron chi connectivity index (χ3n) is 3.02. The van der Waals surface area contributed by atoms with Crippen LogP contribution in [-0.4, -0.2) is 46.9 Å². The van der Waals surface area contributed by atoms with Gasteiger partial charge in [0, 0.05) is 56.9 Å². The maximum absolute atomic E-state index is 13.3. The average Bonchev–Trinajstić information content (AvgIpc) is 2.95. The number of benzene rings is 1. The van der Waals surface area contributed by atoms with Crippen molar-refractivity contribution in [1.29, 1.82) is 0 Å². The standard InChI is InChI=1S/C10H9F2N2.C6H5NO2.Ir/c1-14-5-4-13-10(14)8-3-2-7(11)6-9(8)12;8-6(9)5-3-1-2-4-7-5;/h2,6H,4-5H2,1H3;1-4H,(H,8,9);/q-1;;. The number of halogens is 2. The number of pyridine rings is 1. The van der Waals surface area contributed by atoms with Crippen molar-refractivity contribution in [1.82, 2.24) is 9.88 Å². The number of aromatic carboxylic acids is 1. The van der Waals surface area contributed by atoms with Crippen molar-refractivity contribution in [3.8, 4) is 0 Å². The van der Waals surface area contributed by atoms with Crippen molar-refractivity contribution in [3.05, 3.63) is 65.5 Å². The summed E-state index contributed by atoms with van der Waals surface area (Å²) in [5.41, 5.74) is 0.323. The SMILES string of the molecule is CN1CCN=C1c1[c-]cc(F)cc1F.O=C(O)c1ccccn1.[Ir]. The molecular weight excluding hydrogens is 496 g/mol. The Morgan fingerprint density at radius 1 is 1.38 bits per heavy atom. The minimum absolute atomic E-state index is 0. The number of aliphatic imine (C=N–C) groups is 1. The fourth-order valence-electron chi connectivity index (χ4n) is 1.91. The van der Waals surface area contributed by atoms with Crippen LogP contribution < -0.4 is 0 Å². The molecule has 0 saturated carbocycles. The van der Waals surface area contributed by atoms with E-state index in [1.165, 1.54) is 12.3 Å². The Labute approximate surface area is 151 Å². The normalized spacial score (nSPS) is 12.6. The van der Waals surface area contributed by atoms with Gasteiger partial charge in [-0.05, 0) is 19.2 Å². The summed E-state index contributed by atoms with van der Waals surface area (Å²) in [6.07, 6.45) is 1.45. The van der Waals surface area contributed by atoms with Gasteiger partial charge in [0.15, 0.2) is 0 Å². The van der Waals surface area contributed by atoms with Crippen LogP contribution in [0.4, 0.5) is 8.78 Å². The van der Waals surface area contributed by atoms with E-state index in [2.05, 4.69) is 16.0 Å². The molecule has 0 spiro atoms. The minimum atomic E-state index is -0.990. The summed E-state index contributed by atoms with van der Waals surface area (Å²) in [6.45, 7) is 1.41. The molecule has 5 nitrogen and oxygen atoms in total. The maximum Gasteiger partial charge on any atom is 0.354 e. The summed E-state index contributed by atoms with van der Waals surface area (Å²) in [6, 6.07) is 9.28. The molecule has 1 aromatic heterocycles. The molecule has 0 bridgehead atoms. The van der Waals surface area contributed by atoms with Crippen LogP contribution in [0.1, 0.15) is 16.1 Å². The van der Waals surface area contributed by atoms with E-state index in [4.69, 9.17) is 5.11 Å². The van der Waals surface area contributed by atoms with Crippen molar-refractivity contribution >= 4 is 11.8 Å². The zero-order chi connectivity index (χ0) is 16.8. The number of rotatable bonds is 2. The minimum Gasteiger partial charge on any atom is -0.477 e. The number of carbonyl (C=O) groups is 1. The van der Waals surface area contributed by atoms with Gasteiger partial charge in [-0.2, -0.15) is 0 Å². The summed E-state index contributed by atoms with van der Waals surface area (Å²) >= 11 is 0. The number of aromatic nitrogens is 1. The molecule has 0 amide bonds. The van der Waals surface area contributed by atoms with Gasteiger partial charge in [-0.25, -0.2) is 9.78 Å². The Morgan fingerprint density at radius 2 is 2.12 bits per heavy atom. The monoisotopic (exact) mass is 511 g/mol. The topological polar surface area (TPSA) is 65.8 Å². The van der Waals surface area contributed by atoms with Gasteiger partial charge in [0.25, 0.3) is 0 Å². The Kier molecular flexibility index (Phi) is 7.61. The van der Waals surface area contributed by atoms with E-state index in [1.807, 2.05) is 11.9 Å². The predicted molar refractivity (Wildman–Crippen MR) is 80.4 cm³/mol. The van der Waals surface area contributed by atoms with Gasteiger partial charge in [-0.15, -0.1) is 12.1 Å². The molecule has 2 aromatic rings. The van der Waals surface area contributed by atoms with E-state index in [-0.39, 0.29) is 31.4 Å². The van der Waals surface area contributed by atoms with Crippen molar-refractivity contribution in [2.24, 2.45) is 4.99 Å². The largest absolute Gasteiger partial charge is 0.477 e. The number of hydrogen-bond donors (Lipinski definition) is 1. The first-order valence-electron chi connectivity index (χ1n) is 6.76. The first-order chi connectivity index (χ1) is 11.0. The van der Waals surface area contributed by atoms with Crippen LogP contribution >= 0.6 is 0 Å². The summed E-state index contributed by atoms with van der Waals surface area (Å²) < 4.78 is 25.9. The average molecular weight is 511 g/mol. The van der Waals surface area contributed by atoms with E-state index >= 15 is 0 Å². The third kappa shape index (κ3) is 5.18. The molecule has 0 atom stereocenters. The summed E-state index contributed by atoms with van der Waals surface area (Å²) in [4.78, 5) is 19.7. The number of nitrogens with zero attached hydrogens (tertiary/aromatic N) is 3. The van der Waals surface area contributed by atoms with Crippen LogP contribution in [0.15, 0.2) is 41.5 Å². The molecule has 8 heteroatoms. The smallest absolute Gasteiger partial charge is 0.354 e. The first kappa shape index (κ1) is 19.9. The zero-order valence-electron chi connectivity index (χ0n) is 12.7. The molecule has 1 aliphatic heterocycles. The van der Waals surface area contributed by atoms with E-state index < -0.39 is 17.6 Å². The zero-order valence-corrected chi connectivity index (χ0v) is 15.1. The molecule has 1 aliphatic rings. The van der Waals surface area contributed by atoms with Crippen molar-refractivity contribution in [3.63, 3.8) is 0 Å². The molecule has 1 N–H and O–H groups in total. The summed E-state index contributed by atoms with van der Waals surface area (Å²) in [5.74, 6) is -1.68. The van der Waals surface area contributed by atoms with Crippen molar-refractivity contribution in [2.75, 3.05) is 20.1 Å². The van der Waals surface area contributed by atoms with Gasteiger partial charge in [0.05, 0.1) is 0 Å². The second kappa shape index (κ2) is 9.20. The van der Waals surface area contributed by atoms with Gasteiger partial charge in [-0.1, -0.05) is 17.7 Å². The summed E-state index contributed by atoms with van der Waals surface area (Å²) in [7, 11) is 1.82. The second-order valence-electron chi connectivity index (χ2n) is 4.69. The Balaban J connectivity index is 0.000000252. The number of carboxylic acid groups (broad SMARTS) is 1. The van der Waals surface area contributed by atoms with E-state index in [0.29, 0.717) is 12.4 Å². The molecule has 1 radical (unpaired) electrons. The number of carboxylic acids is 1. The molecule has 0 fully saturated rings. The molecular formula is C16H14F2IrN3O2-. The first-order valence-corrected chi connectivity index (χ1v) is 6.76. The predicted octanol–water partition coefficient (Wildman–Crippen LogP) is 2.23. The Bertz CT molecular complexity index is 727. The van der Waals surface area contributed by atoms with Gasteiger partial charge < -0.3 is 15.0 Å². The molecule has 2 heterocycles. The van der Waals surface area contributed by atoms with E-state index in [9.17, 15) is 13.6 Å². The van der Waals surface area contributed by atoms with Gasteiger partial charge in [-0.3, -0.25) is 8.78 Å². The van der Waals surface area contributed by atoms with Crippen LogP contribution in [-0.2, 0) is 20.1 Å². The second-order valence-corrected chi connectivity index (χ2v) is 4.69. The van der Waals surface area contributed by atoms with Gasteiger partial charge in [0.1, 0.15) is 5.69 Å². The maximum atomic E-state index is 13.3. The quantitative estimate of drug-likeness (QED) is 0.630. The molecule has 0 saturated heterocycles. The number of likely N-dealkylation sites (N-methyl/N-ethyl adjacent to an activating group) is 1. The van der Waals surface area contributed by atoms with Crippen LogP contribution in [0.25, 0.3) is 0 Å². The third-order valence-corrected chi connectivity index (χ3v) is 3.02. The van der Waals surface area contributed by atoms with Crippen molar-refractivity contribution in [2.45, 2.75) is 0 Å². The number of amidine groups is 1. The van der Waals surface area contributed by atoms with Crippen LogP contribution in [0, 0.1) is 17.7 Å².